The van der Waals surface area contributed by atoms with E-state index < -0.39 is 6.10 Å². The molecule has 0 amide bonds. The van der Waals surface area contributed by atoms with Gasteiger partial charge in [-0.3, -0.25) is 0 Å². The number of hydrogen-bond donors (Lipinski definition) is 3. The molecular weight excluding hydrogens is 200 g/mol. The highest BCUT2D eigenvalue weighted by Gasteiger charge is 2.07. The number of rotatable bonds is 4. The van der Waals surface area contributed by atoms with E-state index in [1.807, 2.05) is 13.0 Å². The van der Waals surface area contributed by atoms with E-state index in [0.29, 0.717) is 16.5 Å². The molecule has 14 heavy (non-hydrogen) atoms. The molecule has 4 N–H and O–H groups in total. The molecule has 0 aliphatic heterocycles. The van der Waals surface area contributed by atoms with Crippen molar-refractivity contribution < 1.29 is 10.2 Å². The van der Waals surface area contributed by atoms with Gasteiger partial charge in [-0.1, -0.05) is 0 Å². The highest BCUT2D eigenvalue weighted by molar-refractivity contribution is 7.99. The van der Waals surface area contributed by atoms with E-state index in [1.54, 1.807) is 6.20 Å². The van der Waals surface area contributed by atoms with Gasteiger partial charge in [0.1, 0.15) is 5.03 Å². The van der Waals surface area contributed by atoms with Crippen molar-refractivity contribution in [1.29, 1.82) is 0 Å². The Labute approximate surface area is 87.2 Å². The SMILES string of the molecule is Cc1ccnc(SCC(O)CO)c1N. The molecule has 1 aromatic heterocycles. The van der Waals surface area contributed by atoms with Crippen molar-refractivity contribution in [1.82, 2.24) is 4.98 Å². The number of thioether (sulfide) groups is 1. The first kappa shape index (κ1) is 11.3. The summed E-state index contributed by atoms with van der Waals surface area (Å²) in [5.74, 6) is 0.400. The number of aliphatic hydroxyl groups is 2. The Morgan fingerprint density at radius 2 is 2.36 bits per heavy atom. The van der Waals surface area contributed by atoms with Crippen LogP contribution in [-0.4, -0.2) is 33.7 Å². The molecule has 0 aliphatic rings. The topological polar surface area (TPSA) is 79.4 Å². The molecule has 1 unspecified atom stereocenters. The number of anilines is 1. The van der Waals surface area contributed by atoms with Crippen LogP contribution in [0.5, 0.6) is 0 Å². The van der Waals surface area contributed by atoms with Crippen LogP contribution in [0.2, 0.25) is 0 Å². The third-order valence-corrected chi connectivity index (χ3v) is 2.94. The van der Waals surface area contributed by atoms with Gasteiger partial charge in [0.15, 0.2) is 0 Å². The molecule has 0 fully saturated rings. The van der Waals surface area contributed by atoms with Crippen molar-refractivity contribution in [2.75, 3.05) is 18.1 Å². The van der Waals surface area contributed by atoms with Gasteiger partial charge >= 0.3 is 0 Å². The zero-order valence-corrected chi connectivity index (χ0v) is 8.79. The zero-order valence-electron chi connectivity index (χ0n) is 7.97. The number of aromatic nitrogens is 1. The molecular formula is C9H14N2O2S. The third-order valence-electron chi connectivity index (χ3n) is 1.79. The number of nitrogens with zero attached hydrogens (tertiary/aromatic N) is 1. The van der Waals surface area contributed by atoms with Crippen LogP contribution in [0.1, 0.15) is 5.56 Å². The van der Waals surface area contributed by atoms with Gasteiger partial charge in [0, 0.05) is 11.9 Å². The predicted molar refractivity (Wildman–Crippen MR) is 57.2 cm³/mol. The minimum absolute atomic E-state index is 0.237. The molecule has 1 aromatic rings. The number of pyridine rings is 1. The van der Waals surface area contributed by atoms with E-state index in [4.69, 9.17) is 15.9 Å². The summed E-state index contributed by atoms with van der Waals surface area (Å²) in [5.41, 5.74) is 7.40. The maximum Gasteiger partial charge on any atom is 0.119 e. The lowest BCUT2D eigenvalue weighted by Crippen LogP contribution is -2.14. The standard InChI is InChI=1S/C9H14N2O2S/c1-6-2-3-11-9(8(6)10)14-5-7(13)4-12/h2-3,7,12-13H,4-5,10H2,1H3. The highest BCUT2D eigenvalue weighted by atomic mass is 32.2. The molecule has 0 aliphatic carbocycles. The van der Waals surface area contributed by atoms with Crippen LogP contribution in [-0.2, 0) is 0 Å². The summed E-state index contributed by atoms with van der Waals surface area (Å²) < 4.78 is 0. The minimum Gasteiger partial charge on any atom is -0.396 e. The molecule has 0 saturated carbocycles. The Morgan fingerprint density at radius 3 is 3.00 bits per heavy atom. The number of nitrogen functional groups attached to an aromatic ring is 1. The first-order valence-electron chi connectivity index (χ1n) is 4.28. The predicted octanol–water partition coefficient (Wildman–Crippen LogP) is 0.418. The molecule has 0 aromatic carbocycles. The van der Waals surface area contributed by atoms with Crippen molar-refractivity contribution in [3.8, 4) is 0 Å². The summed E-state index contributed by atoms with van der Waals surface area (Å²) >= 11 is 1.35. The van der Waals surface area contributed by atoms with E-state index in [9.17, 15) is 0 Å². The maximum atomic E-state index is 9.14. The van der Waals surface area contributed by atoms with Crippen molar-refractivity contribution in [3.63, 3.8) is 0 Å². The molecule has 5 heteroatoms. The van der Waals surface area contributed by atoms with Crippen molar-refractivity contribution in [2.45, 2.75) is 18.1 Å². The second-order valence-electron chi connectivity index (χ2n) is 2.99. The van der Waals surface area contributed by atoms with Crippen molar-refractivity contribution >= 4 is 17.4 Å². The molecule has 1 atom stereocenters. The van der Waals surface area contributed by atoms with E-state index in [0.717, 1.165) is 5.56 Å². The fourth-order valence-corrected chi connectivity index (χ4v) is 1.80. The number of nitrogens with two attached hydrogens (primary N) is 1. The summed E-state index contributed by atoms with van der Waals surface area (Å²) in [6.45, 7) is 1.67. The van der Waals surface area contributed by atoms with Crippen LogP contribution >= 0.6 is 11.8 Å². The number of aliphatic hydroxyl groups excluding tert-OH is 2. The van der Waals surface area contributed by atoms with Crippen molar-refractivity contribution in [3.05, 3.63) is 17.8 Å². The average molecular weight is 214 g/mol. The van der Waals surface area contributed by atoms with E-state index in [-0.39, 0.29) is 6.61 Å². The maximum absolute atomic E-state index is 9.14. The van der Waals surface area contributed by atoms with Crippen LogP contribution < -0.4 is 5.73 Å². The smallest absolute Gasteiger partial charge is 0.119 e. The third kappa shape index (κ3) is 2.87. The van der Waals surface area contributed by atoms with Crippen LogP contribution in [0.25, 0.3) is 0 Å². The molecule has 78 valence electrons. The second-order valence-corrected chi connectivity index (χ2v) is 4.00. The minimum atomic E-state index is -0.721. The van der Waals surface area contributed by atoms with Crippen LogP contribution in [0.4, 0.5) is 5.69 Å². The monoisotopic (exact) mass is 214 g/mol. The van der Waals surface area contributed by atoms with Gasteiger partial charge in [-0.2, -0.15) is 0 Å². The Kier molecular flexibility index (Phi) is 4.19. The van der Waals surface area contributed by atoms with E-state index in [1.165, 1.54) is 11.8 Å². The molecule has 0 spiro atoms. The molecule has 1 heterocycles. The Bertz CT molecular complexity index is 307. The quantitative estimate of drug-likeness (QED) is 0.633. The fraction of sp³-hybridized carbons (Fsp3) is 0.444. The molecule has 1 rings (SSSR count). The number of aryl methyl sites for hydroxylation is 1. The van der Waals surface area contributed by atoms with E-state index >= 15 is 0 Å². The normalized spacial score (nSPS) is 12.8. The van der Waals surface area contributed by atoms with Gasteiger partial charge in [0.2, 0.25) is 0 Å². The summed E-state index contributed by atoms with van der Waals surface area (Å²) in [5, 5.41) is 18.5. The first-order chi connectivity index (χ1) is 6.65. The van der Waals surface area contributed by atoms with Crippen LogP contribution in [0.15, 0.2) is 17.3 Å². The van der Waals surface area contributed by atoms with Gasteiger partial charge < -0.3 is 15.9 Å². The molecule has 0 saturated heterocycles. The zero-order chi connectivity index (χ0) is 10.6. The molecule has 0 radical (unpaired) electrons. The van der Waals surface area contributed by atoms with Gasteiger partial charge in [-0.25, -0.2) is 4.98 Å². The Morgan fingerprint density at radius 1 is 1.64 bits per heavy atom. The lowest BCUT2D eigenvalue weighted by atomic mass is 10.3. The van der Waals surface area contributed by atoms with Gasteiger partial charge in [-0.05, 0) is 18.6 Å². The summed E-state index contributed by atoms with van der Waals surface area (Å²) in [6.07, 6.45) is 0.959. The Balaban J connectivity index is 2.63. The van der Waals surface area contributed by atoms with Crippen LogP contribution in [0.3, 0.4) is 0 Å². The summed E-state index contributed by atoms with van der Waals surface area (Å²) in [6, 6.07) is 1.84. The summed E-state index contributed by atoms with van der Waals surface area (Å²) in [7, 11) is 0. The first-order valence-corrected chi connectivity index (χ1v) is 5.26. The van der Waals surface area contributed by atoms with Gasteiger partial charge in [0.25, 0.3) is 0 Å². The Hall–Kier alpha value is -0.780. The second kappa shape index (κ2) is 5.19. The lowest BCUT2D eigenvalue weighted by molar-refractivity contribution is 0.113. The largest absolute Gasteiger partial charge is 0.396 e. The van der Waals surface area contributed by atoms with Crippen molar-refractivity contribution in [2.24, 2.45) is 0 Å². The fourth-order valence-electron chi connectivity index (χ4n) is 0.888. The molecule has 4 nitrogen and oxygen atoms in total. The lowest BCUT2D eigenvalue weighted by Gasteiger charge is -2.08. The molecule has 0 bridgehead atoms. The van der Waals surface area contributed by atoms with Crippen LogP contribution in [0, 0.1) is 6.92 Å². The number of hydrogen-bond acceptors (Lipinski definition) is 5. The summed E-state index contributed by atoms with van der Waals surface area (Å²) in [4.78, 5) is 4.09. The highest BCUT2D eigenvalue weighted by Crippen LogP contribution is 2.25. The average Bonchev–Trinajstić information content (AvgIpc) is 2.20. The van der Waals surface area contributed by atoms with Gasteiger partial charge in [0.05, 0.1) is 18.4 Å². The van der Waals surface area contributed by atoms with E-state index in [2.05, 4.69) is 4.98 Å². The van der Waals surface area contributed by atoms with Gasteiger partial charge in [-0.15, -0.1) is 11.8 Å².